The first-order valence-corrected chi connectivity index (χ1v) is 7.40. The average Bonchev–Trinajstić information content (AvgIpc) is 2.90. The molecule has 1 amide bonds. The van der Waals surface area contributed by atoms with Crippen LogP contribution in [0.15, 0.2) is 29.6 Å². The number of ether oxygens (including phenoxy) is 1. The van der Waals surface area contributed by atoms with Gasteiger partial charge in [0.25, 0.3) is 5.91 Å². The summed E-state index contributed by atoms with van der Waals surface area (Å²) in [7, 11) is 0. The number of nitrogens with two attached hydrogens (primary N) is 1. The van der Waals surface area contributed by atoms with E-state index in [1.165, 1.54) is 11.3 Å². The van der Waals surface area contributed by atoms with E-state index in [1.54, 1.807) is 36.6 Å². The Kier molecular flexibility index (Phi) is 4.82. The Balaban J connectivity index is 2.23. The fraction of sp³-hybridized carbons (Fsp3) is 0.143. The Bertz CT molecular complexity index is 685. The van der Waals surface area contributed by atoms with Crippen molar-refractivity contribution >= 4 is 45.5 Å². The number of esters is 1. The maximum atomic E-state index is 12.2. The topological polar surface area (TPSA) is 81.4 Å². The van der Waals surface area contributed by atoms with Crippen molar-refractivity contribution in [3.8, 4) is 0 Å². The van der Waals surface area contributed by atoms with Crippen molar-refractivity contribution in [1.29, 1.82) is 0 Å². The second kappa shape index (κ2) is 6.60. The van der Waals surface area contributed by atoms with Crippen LogP contribution in [0.4, 0.5) is 10.7 Å². The number of benzene rings is 1. The summed E-state index contributed by atoms with van der Waals surface area (Å²) in [5.41, 5.74) is 6.55. The minimum atomic E-state index is -0.479. The highest BCUT2D eigenvalue weighted by molar-refractivity contribution is 7.14. The second-order valence-electron chi connectivity index (χ2n) is 4.05. The molecule has 21 heavy (non-hydrogen) atoms. The van der Waals surface area contributed by atoms with Crippen LogP contribution in [0.1, 0.15) is 27.6 Å². The molecule has 0 unspecified atom stereocenters. The maximum absolute atomic E-state index is 12.2. The average molecular weight is 325 g/mol. The van der Waals surface area contributed by atoms with Gasteiger partial charge in [-0.15, -0.1) is 11.3 Å². The van der Waals surface area contributed by atoms with Crippen LogP contribution in [-0.4, -0.2) is 18.5 Å². The third-order valence-electron chi connectivity index (χ3n) is 2.66. The number of amides is 1. The predicted molar refractivity (Wildman–Crippen MR) is 84.1 cm³/mol. The first-order chi connectivity index (χ1) is 10.0. The van der Waals surface area contributed by atoms with E-state index in [2.05, 4.69) is 5.32 Å². The molecule has 1 aromatic carbocycles. The van der Waals surface area contributed by atoms with E-state index >= 15 is 0 Å². The molecule has 0 aliphatic carbocycles. The van der Waals surface area contributed by atoms with Crippen molar-refractivity contribution in [2.45, 2.75) is 6.92 Å². The molecule has 0 bridgehead atoms. The molecule has 0 aliphatic rings. The first kappa shape index (κ1) is 15.3. The molecule has 2 rings (SSSR count). The molecule has 0 saturated heterocycles. The summed E-state index contributed by atoms with van der Waals surface area (Å²) in [4.78, 5) is 24.0. The fourth-order valence-corrected chi connectivity index (χ4v) is 2.65. The smallest absolute Gasteiger partial charge is 0.341 e. The van der Waals surface area contributed by atoms with Gasteiger partial charge in [0, 0.05) is 0 Å². The zero-order valence-corrected chi connectivity index (χ0v) is 12.8. The highest BCUT2D eigenvalue weighted by atomic mass is 35.5. The van der Waals surface area contributed by atoms with Gasteiger partial charge in [-0.1, -0.05) is 17.7 Å². The van der Waals surface area contributed by atoms with Crippen molar-refractivity contribution in [3.05, 3.63) is 45.8 Å². The molecule has 1 heterocycles. The van der Waals surface area contributed by atoms with Gasteiger partial charge >= 0.3 is 5.97 Å². The Morgan fingerprint density at radius 3 is 2.81 bits per heavy atom. The third kappa shape index (κ3) is 3.34. The molecule has 0 fully saturated rings. The highest BCUT2D eigenvalue weighted by Gasteiger charge is 2.18. The van der Waals surface area contributed by atoms with Crippen molar-refractivity contribution in [2.75, 3.05) is 17.7 Å². The van der Waals surface area contributed by atoms with E-state index in [9.17, 15) is 9.59 Å². The highest BCUT2D eigenvalue weighted by Crippen LogP contribution is 2.27. The lowest BCUT2D eigenvalue weighted by Crippen LogP contribution is -2.15. The van der Waals surface area contributed by atoms with E-state index in [-0.39, 0.29) is 17.2 Å². The Morgan fingerprint density at radius 1 is 1.33 bits per heavy atom. The molecule has 3 N–H and O–H groups in total. The van der Waals surface area contributed by atoms with Crippen LogP contribution < -0.4 is 11.1 Å². The lowest BCUT2D eigenvalue weighted by molar-refractivity contribution is 0.0528. The van der Waals surface area contributed by atoms with E-state index in [1.807, 2.05) is 0 Å². The molecular weight excluding hydrogens is 312 g/mol. The summed E-state index contributed by atoms with van der Waals surface area (Å²) < 4.78 is 4.93. The molecule has 7 heteroatoms. The minimum Gasteiger partial charge on any atom is -0.462 e. The third-order valence-corrected chi connectivity index (χ3v) is 3.91. The number of carbonyl (C=O) groups excluding carboxylic acids is 2. The molecule has 5 nitrogen and oxygen atoms in total. The molecule has 0 aliphatic heterocycles. The van der Waals surface area contributed by atoms with Crippen LogP contribution in [-0.2, 0) is 4.74 Å². The number of nitrogens with one attached hydrogen (secondary N) is 1. The predicted octanol–water partition coefficient (Wildman–Crippen LogP) is 3.41. The Hall–Kier alpha value is -2.05. The first-order valence-electron chi connectivity index (χ1n) is 6.14. The molecule has 110 valence electrons. The molecule has 0 radical (unpaired) electrons. The summed E-state index contributed by atoms with van der Waals surface area (Å²) in [6.45, 7) is 1.98. The van der Waals surface area contributed by atoms with Crippen LogP contribution in [0, 0.1) is 0 Å². The van der Waals surface area contributed by atoms with Gasteiger partial charge < -0.3 is 15.8 Å². The number of carbonyl (C=O) groups is 2. The summed E-state index contributed by atoms with van der Waals surface area (Å²) in [5.74, 6) is -0.909. The quantitative estimate of drug-likeness (QED) is 0.667. The summed E-state index contributed by atoms with van der Waals surface area (Å²) in [6, 6.07) is 6.40. The monoisotopic (exact) mass is 324 g/mol. The summed E-state index contributed by atoms with van der Waals surface area (Å²) >= 11 is 7.24. The van der Waals surface area contributed by atoms with Gasteiger partial charge in [-0.25, -0.2) is 4.79 Å². The number of anilines is 2. The van der Waals surface area contributed by atoms with Crippen molar-refractivity contribution in [3.63, 3.8) is 0 Å². The van der Waals surface area contributed by atoms with Gasteiger partial charge in [-0.3, -0.25) is 4.79 Å². The van der Waals surface area contributed by atoms with Crippen molar-refractivity contribution in [1.82, 2.24) is 0 Å². The van der Waals surface area contributed by atoms with Gasteiger partial charge in [-0.2, -0.15) is 0 Å². The van der Waals surface area contributed by atoms with Crippen LogP contribution in [0.3, 0.4) is 0 Å². The van der Waals surface area contributed by atoms with Gasteiger partial charge in [0.2, 0.25) is 0 Å². The Morgan fingerprint density at radius 2 is 2.10 bits per heavy atom. The Labute approximate surface area is 130 Å². The van der Waals surface area contributed by atoms with Gasteiger partial charge in [-0.05, 0) is 30.5 Å². The number of halogens is 1. The van der Waals surface area contributed by atoms with Crippen molar-refractivity contribution in [2.24, 2.45) is 0 Å². The molecule has 0 spiro atoms. The van der Waals surface area contributed by atoms with Gasteiger partial charge in [0.05, 0.1) is 28.4 Å². The van der Waals surface area contributed by atoms with Gasteiger partial charge in [0.1, 0.15) is 5.00 Å². The zero-order chi connectivity index (χ0) is 15.4. The number of nitrogen functional groups attached to an aromatic ring is 1. The molecule has 0 saturated carbocycles. The number of hydrogen-bond acceptors (Lipinski definition) is 5. The standard InChI is InChI=1S/C14H13ClN2O3S/c1-2-20-14(19)9-6-7-21-13(9)17-12(18)8-4-3-5-10(16)11(8)15/h3-7H,2,16H2,1H3,(H,17,18). The van der Waals surface area contributed by atoms with Crippen LogP contribution in [0.2, 0.25) is 5.02 Å². The molecule has 2 aromatic rings. The second-order valence-corrected chi connectivity index (χ2v) is 5.34. The van der Waals surface area contributed by atoms with Crippen LogP contribution in [0.5, 0.6) is 0 Å². The van der Waals surface area contributed by atoms with Gasteiger partial charge in [0.15, 0.2) is 0 Å². The normalized spacial score (nSPS) is 10.2. The number of hydrogen-bond donors (Lipinski definition) is 2. The van der Waals surface area contributed by atoms with E-state index in [0.717, 1.165) is 0 Å². The number of thiophene rings is 1. The zero-order valence-electron chi connectivity index (χ0n) is 11.2. The summed E-state index contributed by atoms with van der Waals surface area (Å²) in [6.07, 6.45) is 0. The number of rotatable bonds is 4. The summed E-state index contributed by atoms with van der Waals surface area (Å²) in [5, 5.41) is 4.95. The SMILES string of the molecule is CCOC(=O)c1ccsc1NC(=O)c1cccc(N)c1Cl. The minimum absolute atomic E-state index is 0.184. The molecule has 1 aromatic heterocycles. The largest absolute Gasteiger partial charge is 0.462 e. The fourth-order valence-electron chi connectivity index (χ4n) is 1.67. The molecular formula is C14H13ClN2O3S. The van der Waals surface area contributed by atoms with Crippen molar-refractivity contribution < 1.29 is 14.3 Å². The molecule has 0 atom stereocenters. The van der Waals surface area contributed by atoms with E-state index in [0.29, 0.717) is 16.3 Å². The maximum Gasteiger partial charge on any atom is 0.341 e. The lowest BCUT2D eigenvalue weighted by Gasteiger charge is -2.08. The van der Waals surface area contributed by atoms with Crippen LogP contribution in [0.25, 0.3) is 0 Å². The lowest BCUT2D eigenvalue weighted by atomic mass is 10.2. The van der Waals surface area contributed by atoms with E-state index < -0.39 is 11.9 Å². The van der Waals surface area contributed by atoms with Crippen LogP contribution >= 0.6 is 22.9 Å². The van der Waals surface area contributed by atoms with E-state index in [4.69, 9.17) is 22.1 Å².